The number of nitrogens with zero attached hydrogens (tertiary/aromatic N) is 2. The maximum atomic E-state index is 12.3. The molecule has 6 nitrogen and oxygen atoms in total. The zero-order valence-electron chi connectivity index (χ0n) is 11.3. The Kier molecular flexibility index (Phi) is 3.06. The molecule has 3 rings (SSSR count). The number of benzene rings is 1. The summed E-state index contributed by atoms with van der Waals surface area (Å²) < 4.78 is 7.59. The maximum Gasteiger partial charge on any atom is 0.316 e. The SMILES string of the molecule is Cn1ccn(CC(=O)c2coc3ccccc23)c(=O)c1=O. The van der Waals surface area contributed by atoms with Crippen molar-refractivity contribution < 1.29 is 9.21 Å². The fraction of sp³-hybridized carbons (Fsp3) is 0.133. The highest BCUT2D eigenvalue weighted by Crippen LogP contribution is 2.21. The number of ketones is 1. The van der Waals surface area contributed by atoms with E-state index in [4.69, 9.17) is 4.42 Å². The van der Waals surface area contributed by atoms with Gasteiger partial charge in [0.1, 0.15) is 11.8 Å². The molecule has 21 heavy (non-hydrogen) atoms. The Morgan fingerprint density at radius 2 is 1.90 bits per heavy atom. The quantitative estimate of drug-likeness (QED) is 0.534. The van der Waals surface area contributed by atoms with Gasteiger partial charge in [-0.15, -0.1) is 0 Å². The second-order valence-electron chi connectivity index (χ2n) is 4.72. The molecule has 0 fully saturated rings. The molecule has 0 aliphatic rings. The Bertz CT molecular complexity index is 946. The first-order chi connectivity index (χ1) is 10.1. The van der Waals surface area contributed by atoms with Crippen molar-refractivity contribution in [3.05, 3.63) is 69.2 Å². The Hall–Kier alpha value is -2.89. The van der Waals surface area contributed by atoms with Crippen LogP contribution in [0.5, 0.6) is 0 Å². The van der Waals surface area contributed by atoms with Crippen LogP contribution in [0.1, 0.15) is 10.4 Å². The van der Waals surface area contributed by atoms with Crippen LogP contribution in [0, 0.1) is 0 Å². The summed E-state index contributed by atoms with van der Waals surface area (Å²) in [6.07, 6.45) is 4.24. The van der Waals surface area contributed by atoms with Gasteiger partial charge in [0.05, 0.1) is 12.1 Å². The van der Waals surface area contributed by atoms with Gasteiger partial charge in [0.15, 0.2) is 5.78 Å². The van der Waals surface area contributed by atoms with Gasteiger partial charge in [-0.05, 0) is 6.07 Å². The fourth-order valence-electron chi connectivity index (χ4n) is 2.15. The molecule has 2 heterocycles. The van der Waals surface area contributed by atoms with Gasteiger partial charge < -0.3 is 13.6 Å². The van der Waals surface area contributed by atoms with Gasteiger partial charge in [0.2, 0.25) is 0 Å². The second kappa shape index (κ2) is 4.90. The summed E-state index contributed by atoms with van der Waals surface area (Å²) in [6.45, 7) is -0.196. The molecule has 0 amide bonds. The lowest BCUT2D eigenvalue weighted by Gasteiger charge is -2.04. The largest absolute Gasteiger partial charge is 0.464 e. The lowest BCUT2D eigenvalue weighted by atomic mass is 10.1. The van der Waals surface area contributed by atoms with E-state index in [9.17, 15) is 14.4 Å². The molecule has 0 spiro atoms. The first kappa shape index (κ1) is 13.1. The first-order valence-electron chi connectivity index (χ1n) is 6.33. The smallest absolute Gasteiger partial charge is 0.316 e. The highest BCUT2D eigenvalue weighted by atomic mass is 16.3. The van der Waals surface area contributed by atoms with Crippen LogP contribution in [-0.4, -0.2) is 14.9 Å². The molecule has 0 saturated heterocycles. The molecule has 3 aromatic rings. The Morgan fingerprint density at radius 3 is 2.71 bits per heavy atom. The van der Waals surface area contributed by atoms with E-state index in [0.29, 0.717) is 16.5 Å². The highest BCUT2D eigenvalue weighted by Gasteiger charge is 2.15. The first-order valence-corrected chi connectivity index (χ1v) is 6.33. The molecule has 0 atom stereocenters. The number of para-hydroxylation sites is 1. The van der Waals surface area contributed by atoms with Crippen molar-refractivity contribution in [2.75, 3.05) is 0 Å². The minimum Gasteiger partial charge on any atom is -0.464 e. The molecule has 106 valence electrons. The zero-order valence-corrected chi connectivity index (χ0v) is 11.3. The number of hydrogen-bond donors (Lipinski definition) is 0. The standard InChI is InChI=1S/C15H12N2O4/c1-16-6-7-17(15(20)14(16)19)8-12(18)11-9-21-13-5-3-2-4-10(11)13/h2-7,9H,8H2,1H3. The van der Waals surface area contributed by atoms with Crippen LogP contribution in [0.3, 0.4) is 0 Å². The molecule has 0 aliphatic heterocycles. The maximum absolute atomic E-state index is 12.3. The molecular formula is C15H12N2O4. The molecule has 6 heteroatoms. The lowest BCUT2D eigenvalue weighted by molar-refractivity contribution is 0.0971. The van der Waals surface area contributed by atoms with E-state index in [1.165, 1.54) is 30.3 Å². The van der Waals surface area contributed by atoms with Crippen LogP contribution in [0.25, 0.3) is 11.0 Å². The summed E-state index contributed by atoms with van der Waals surface area (Å²) >= 11 is 0. The van der Waals surface area contributed by atoms with Gasteiger partial charge in [-0.3, -0.25) is 14.4 Å². The molecule has 1 aromatic carbocycles. The van der Waals surface area contributed by atoms with Crippen molar-refractivity contribution in [3.63, 3.8) is 0 Å². The third kappa shape index (κ3) is 2.20. The van der Waals surface area contributed by atoms with Crippen LogP contribution in [0.4, 0.5) is 0 Å². The van der Waals surface area contributed by atoms with Gasteiger partial charge in [-0.2, -0.15) is 0 Å². The number of aromatic nitrogens is 2. The summed E-state index contributed by atoms with van der Waals surface area (Å²) in [5.41, 5.74) is -0.376. The van der Waals surface area contributed by atoms with Crippen molar-refractivity contribution >= 4 is 16.8 Å². The van der Waals surface area contributed by atoms with Crippen molar-refractivity contribution in [2.24, 2.45) is 7.05 Å². The molecule has 0 unspecified atom stereocenters. The summed E-state index contributed by atoms with van der Waals surface area (Å²) in [6, 6.07) is 7.15. The van der Waals surface area contributed by atoms with Crippen LogP contribution in [0.2, 0.25) is 0 Å². The zero-order chi connectivity index (χ0) is 15.0. The Balaban J connectivity index is 1.99. The van der Waals surface area contributed by atoms with Gasteiger partial charge in [0, 0.05) is 24.8 Å². The van der Waals surface area contributed by atoms with E-state index in [1.807, 2.05) is 6.07 Å². The van der Waals surface area contributed by atoms with Crippen LogP contribution >= 0.6 is 0 Å². The highest BCUT2D eigenvalue weighted by molar-refractivity contribution is 6.06. The minimum atomic E-state index is -0.721. The topological polar surface area (TPSA) is 74.2 Å². The second-order valence-corrected chi connectivity index (χ2v) is 4.72. The average Bonchev–Trinajstić information content (AvgIpc) is 2.92. The van der Waals surface area contributed by atoms with E-state index in [-0.39, 0.29) is 12.3 Å². The summed E-state index contributed by atoms with van der Waals surface area (Å²) in [7, 11) is 1.49. The number of hydrogen-bond acceptors (Lipinski definition) is 4. The number of fused-ring (bicyclic) bond motifs is 1. The summed E-state index contributed by atoms with van der Waals surface area (Å²) in [5, 5.41) is 0.694. The number of rotatable bonds is 3. The Morgan fingerprint density at radius 1 is 1.14 bits per heavy atom. The predicted molar refractivity (Wildman–Crippen MR) is 76.5 cm³/mol. The van der Waals surface area contributed by atoms with Crippen molar-refractivity contribution in [1.29, 1.82) is 0 Å². The van der Waals surface area contributed by atoms with Gasteiger partial charge in [0.25, 0.3) is 0 Å². The molecule has 0 saturated carbocycles. The minimum absolute atomic E-state index is 0.196. The van der Waals surface area contributed by atoms with E-state index >= 15 is 0 Å². The molecule has 0 aliphatic carbocycles. The normalized spacial score (nSPS) is 10.9. The third-order valence-corrected chi connectivity index (χ3v) is 3.33. The van der Waals surface area contributed by atoms with Crippen LogP contribution < -0.4 is 11.1 Å². The fourth-order valence-corrected chi connectivity index (χ4v) is 2.15. The Labute approximate surface area is 118 Å². The van der Waals surface area contributed by atoms with E-state index in [0.717, 1.165) is 4.57 Å². The number of Topliss-reactive ketones (excluding diaryl/α,β-unsaturated/α-hetero) is 1. The number of carbonyl (C=O) groups excluding carboxylic acids is 1. The average molecular weight is 284 g/mol. The van der Waals surface area contributed by atoms with Crippen LogP contribution in [0.15, 0.2) is 56.9 Å². The monoisotopic (exact) mass is 284 g/mol. The number of aryl methyl sites for hydroxylation is 1. The van der Waals surface area contributed by atoms with Crippen LogP contribution in [-0.2, 0) is 13.6 Å². The third-order valence-electron chi connectivity index (χ3n) is 3.33. The summed E-state index contributed by atoms with van der Waals surface area (Å²) in [5.74, 6) is -0.282. The summed E-state index contributed by atoms with van der Waals surface area (Å²) in [4.78, 5) is 35.7. The van der Waals surface area contributed by atoms with Gasteiger partial charge >= 0.3 is 11.1 Å². The van der Waals surface area contributed by atoms with Gasteiger partial charge in [-0.25, -0.2) is 0 Å². The van der Waals surface area contributed by atoms with E-state index < -0.39 is 11.1 Å². The molecule has 2 aromatic heterocycles. The molecule has 0 bridgehead atoms. The number of carbonyl (C=O) groups is 1. The molecule has 0 N–H and O–H groups in total. The van der Waals surface area contributed by atoms with E-state index in [2.05, 4.69) is 0 Å². The lowest BCUT2D eigenvalue weighted by Crippen LogP contribution is -2.40. The van der Waals surface area contributed by atoms with Crippen molar-refractivity contribution in [1.82, 2.24) is 9.13 Å². The molecule has 0 radical (unpaired) electrons. The van der Waals surface area contributed by atoms with Crippen molar-refractivity contribution in [3.8, 4) is 0 Å². The number of furan rings is 1. The molecular weight excluding hydrogens is 272 g/mol. The van der Waals surface area contributed by atoms with E-state index in [1.54, 1.807) is 18.2 Å². The van der Waals surface area contributed by atoms with Crippen molar-refractivity contribution in [2.45, 2.75) is 6.54 Å². The predicted octanol–water partition coefficient (Wildman–Crippen LogP) is 1.18. The van der Waals surface area contributed by atoms with Gasteiger partial charge in [-0.1, -0.05) is 18.2 Å².